The van der Waals surface area contributed by atoms with E-state index in [9.17, 15) is 9.59 Å². The second-order valence-corrected chi connectivity index (χ2v) is 6.67. The van der Waals surface area contributed by atoms with Crippen LogP contribution in [-0.4, -0.2) is 35.3 Å². The van der Waals surface area contributed by atoms with Gasteiger partial charge in [-0.2, -0.15) is 0 Å². The van der Waals surface area contributed by atoms with E-state index < -0.39 is 0 Å². The third-order valence-electron chi connectivity index (χ3n) is 5.31. The fraction of sp³-hybridized carbons (Fsp3) is 0.867. The summed E-state index contributed by atoms with van der Waals surface area (Å²) in [4.78, 5) is 26.6. The molecule has 106 valence electrons. The lowest BCUT2D eigenvalue weighted by Crippen LogP contribution is -2.59. The first-order valence-electron chi connectivity index (χ1n) is 7.70. The number of nitrogens with zero attached hydrogens (tertiary/aromatic N) is 1. The van der Waals surface area contributed by atoms with Crippen LogP contribution in [0.5, 0.6) is 0 Å². The summed E-state index contributed by atoms with van der Waals surface area (Å²) in [6, 6.07) is 0.312. The van der Waals surface area contributed by atoms with Gasteiger partial charge in [0.2, 0.25) is 11.8 Å². The fourth-order valence-corrected chi connectivity index (χ4v) is 4.24. The Balaban J connectivity index is 1.76. The van der Waals surface area contributed by atoms with E-state index in [1.54, 1.807) is 4.90 Å². The largest absolute Gasteiger partial charge is 0.312 e. The minimum Gasteiger partial charge on any atom is -0.312 e. The van der Waals surface area contributed by atoms with E-state index in [1.165, 1.54) is 12.8 Å². The minimum atomic E-state index is 0.0238. The first-order chi connectivity index (χ1) is 9.11. The second-order valence-electron chi connectivity index (χ2n) is 6.67. The number of hydrogen-bond donors (Lipinski definition) is 1. The van der Waals surface area contributed by atoms with E-state index in [4.69, 9.17) is 0 Å². The first-order valence-corrected chi connectivity index (χ1v) is 7.70. The molecule has 19 heavy (non-hydrogen) atoms. The van der Waals surface area contributed by atoms with Crippen LogP contribution in [0.3, 0.4) is 0 Å². The van der Waals surface area contributed by atoms with Crippen LogP contribution < -0.4 is 5.32 Å². The van der Waals surface area contributed by atoms with Gasteiger partial charge in [0.05, 0.1) is 6.04 Å². The summed E-state index contributed by atoms with van der Waals surface area (Å²) in [5.41, 5.74) is 0.0238. The van der Waals surface area contributed by atoms with Crippen LogP contribution in [0.15, 0.2) is 0 Å². The quantitative estimate of drug-likeness (QED) is 0.735. The van der Waals surface area contributed by atoms with Crippen LogP contribution in [0.4, 0.5) is 0 Å². The maximum Gasteiger partial charge on any atom is 0.230 e. The number of likely N-dealkylation sites (tertiary alicyclic amines) is 1. The molecular formula is C15H24N2O2. The molecule has 0 bridgehead atoms. The van der Waals surface area contributed by atoms with Crippen molar-refractivity contribution >= 4 is 11.8 Å². The highest BCUT2D eigenvalue weighted by atomic mass is 16.2. The van der Waals surface area contributed by atoms with Crippen molar-refractivity contribution in [1.29, 1.82) is 0 Å². The van der Waals surface area contributed by atoms with Crippen molar-refractivity contribution in [2.75, 3.05) is 6.54 Å². The van der Waals surface area contributed by atoms with Gasteiger partial charge in [0.25, 0.3) is 0 Å². The minimum absolute atomic E-state index is 0.0238. The molecule has 3 rings (SSSR count). The van der Waals surface area contributed by atoms with Gasteiger partial charge >= 0.3 is 0 Å². The highest BCUT2D eigenvalue weighted by molar-refractivity contribution is 5.99. The van der Waals surface area contributed by atoms with E-state index in [-0.39, 0.29) is 29.3 Å². The van der Waals surface area contributed by atoms with Crippen molar-refractivity contribution in [2.24, 2.45) is 5.41 Å². The number of amides is 2. The van der Waals surface area contributed by atoms with Gasteiger partial charge in [0.1, 0.15) is 0 Å². The average molecular weight is 264 g/mol. The SMILES string of the molecule is CC1NCCCC1N1C(=O)CC2(CCCC2)CC1=O. The molecule has 1 N–H and O–H groups in total. The lowest BCUT2D eigenvalue weighted by Gasteiger charge is -2.44. The van der Waals surface area contributed by atoms with Crippen molar-refractivity contribution < 1.29 is 9.59 Å². The third-order valence-corrected chi connectivity index (χ3v) is 5.31. The number of imide groups is 1. The molecule has 3 fully saturated rings. The third kappa shape index (κ3) is 2.31. The fourth-order valence-electron chi connectivity index (χ4n) is 4.24. The van der Waals surface area contributed by atoms with Gasteiger partial charge in [-0.1, -0.05) is 12.8 Å². The molecule has 2 aliphatic heterocycles. The van der Waals surface area contributed by atoms with E-state index in [1.807, 2.05) is 0 Å². The topological polar surface area (TPSA) is 49.4 Å². The molecule has 2 unspecified atom stereocenters. The summed E-state index contributed by atoms with van der Waals surface area (Å²) in [5.74, 6) is 0.164. The molecule has 2 amide bonds. The summed E-state index contributed by atoms with van der Waals surface area (Å²) in [6.45, 7) is 3.09. The number of nitrogens with one attached hydrogen (secondary N) is 1. The highest BCUT2D eigenvalue weighted by Gasteiger charge is 2.47. The van der Waals surface area contributed by atoms with Crippen LogP contribution >= 0.6 is 0 Å². The zero-order valence-corrected chi connectivity index (χ0v) is 11.8. The van der Waals surface area contributed by atoms with Gasteiger partial charge in [0, 0.05) is 18.9 Å². The smallest absolute Gasteiger partial charge is 0.230 e. The van der Waals surface area contributed by atoms with E-state index >= 15 is 0 Å². The molecule has 0 aromatic heterocycles. The van der Waals surface area contributed by atoms with E-state index in [0.717, 1.165) is 32.2 Å². The zero-order valence-electron chi connectivity index (χ0n) is 11.8. The summed E-state index contributed by atoms with van der Waals surface area (Å²) in [7, 11) is 0. The van der Waals surface area contributed by atoms with Crippen molar-refractivity contribution in [3.05, 3.63) is 0 Å². The molecule has 1 aliphatic carbocycles. The lowest BCUT2D eigenvalue weighted by atomic mass is 9.75. The molecule has 4 nitrogen and oxygen atoms in total. The Kier molecular flexibility index (Phi) is 3.37. The number of piperidine rings is 2. The normalized spacial score (nSPS) is 35.1. The maximum absolute atomic E-state index is 12.5. The zero-order chi connectivity index (χ0) is 13.5. The van der Waals surface area contributed by atoms with Gasteiger partial charge < -0.3 is 5.32 Å². The van der Waals surface area contributed by atoms with Crippen molar-refractivity contribution in [3.8, 4) is 0 Å². The van der Waals surface area contributed by atoms with Gasteiger partial charge in [-0.25, -0.2) is 0 Å². The van der Waals surface area contributed by atoms with Gasteiger partial charge in [-0.3, -0.25) is 14.5 Å². The molecular weight excluding hydrogens is 240 g/mol. The molecule has 4 heteroatoms. The number of hydrogen-bond acceptors (Lipinski definition) is 3. The molecule has 2 atom stereocenters. The van der Waals surface area contributed by atoms with Crippen LogP contribution in [0.1, 0.15) is 58.3 Å². The van der Waals surface area contributed by atoms with Crippen molar-refractivity contribution in [1.82, 2.24) is 10.2 Å². The number of carbonyl (C=O) groups excluding carboxylic acids is 2. The molecule has 2 heterocycles. The Bertz CT molecular complexity index is 368. The number of carbonyl (C=O) groups is 2. The van der Waals surface area contributed by atoms with Crippen LogP contribution in [0, 0.1) is 5.41 Å². The maximum atomic E-state index is 12.5. The molecule has 0 aromatic rings. The Morgan fingerprint density at radius 2 is 1.74 bits per heavy atom. The standard InChI is InChI=1S/C15H24N2O2/c1-11-12(5-4-8-16-11)17-13(18)9-15(10-14(17)19)6-2-3-7-15/h11-12,16H,2-10H2,1H3. The summed E-state index contributed by atoms with van der Waals surface area (Å²) < 4.78 is 0. The Morgan fingerprint density at radius 1 is 1.11 bits per heavy atom. The Morgan fingerprint density at radius 3 is 2.32 bits per heavy atom. The molecule has 2 saturated heterocycles. The second kappa shape index (κ2) is 4.89. The average Bonchev–Trinajstić information content (AvgIpc) is 2.78. The molecule has 0 aromatic carbocycles. The van der Waals surface area contributed by atoms with Gasteiger partial charge in [0.15, 0.2) is 0 Å². The summed E-state index contributed by atoms with van der Waals surface area (Å²) in [5, 5.41) is 3.39. The monoisotopic (exact) mass is 264 g/mol. The van der Waals surface area contributed by atoms with E-state index in [2.05, 4.69) is 12.2 Å². The van der Waals surface area contributed by atoms with Crippen LogP contribution in [-0.2, 0) is 9.59 Å². The lowest BCUT2D eigenvalue weighted by molar-refractivity contribution is -0.157. The van der Waals surface area contributed by atoms with Gasteiger partial charge in [-0.05, 0) is 44.6 Å². The van der Waals surface area contributed by atoms with Gasteiger partial charge in [-0.15, -0.1) is 0 Å². The Labute approximate surface area is 114 Å². The molecule has 1 saturated carbocycles. The van der Waals surface area contributed by atoms with Crippen molar-refractivity contribution in [3.63, 3.8) is 0 Å². The Hall–Kier alpha value is -0.900. The van der Waals surface area contributed by atoms with E-state index in [0.29, 0.717) is 12.8 Å². The van der Waals surface area contributed by atoms with Crippen molar-refractivity contribution in [2.45, 2.75) is 70.4 Å². The molecule has 1 spiro atoms. The highest BCUT2D eigenvalue weighted by Crippen LogP contribution is 2.47. The van der Waals surface area contributed by atoms with Crippen LogP contribution in [0.2, 0.25) is 0 Å². The summed E-state index contributed by atoms with van der Waals surface area (Å²) >= 11 is 0. The molecule has 3 aliphatic rings. The summed E-state index contributed by atoms with van der Waals surface area (Å²) in [6.07, 6.45) is 7.71. The first kappa shape index (κ1) is 13.1. The molecule has 0 radical (unpaired) electrons. The predicted molar refractivity (Wildman–Crippen MR) is 72.5 cm³/mol. The van der Waals surface area contributed by atoms with Crippen LogP contribution in [0.25, 0.3) is 0 Å². The predicted octanol–water partition coefficient (Wildman–Crippen LogP) is 1.84. The number of rotatable bonds is 1.